The number of H-pyrrole nitrogens is 1. The summed E-state index contributed by atoms with van der Waals surface area (Å²) in [5.41, 5.74) is 2.12. The van der Waals surface area contributed by atoms with Crippen LogP contribution in [0.3, 0.4) is 0 Å². The first-order valence-corrected chi connectivity index (χ1v) is 13.4. The molecule has 2 heterocycles. The van der Waals surface area contributed by atoms with Crippen molar-refractivity contribution in [3.63, 3.8) is 0 Å². The largest absolute Gasteiger partial charge is 0.322 e. The Bertz CT molecular complexity index is 1050. The molecule has 36 heavy (non-hydrogen) atoms. The molecule has 9 heteroatoms. The molecule has 1 saturated carbocycles. The molecule has 0 amide bonds. The minimum Gasteiger partial charge on any atom is -0.322 e. The maximum Gasteiger partial charge on any atom is 0.229 e. The molecular weight excluding hydrogens is 477 g/mol. The highest BCUT2D eigenvalue weighted by molar-refractivity contribution is 6.32. The van der Waals surface area contributed by atoms with E-state index in [9.17, 15) is 4.39 Å². The summed E-state index contributed by atoms with van der Waals surface area (Å²) in [7, 11) is 0. The molecule has 4 rings (SSSR count). The lowest BCUT2D eigenvalue weighted by Gasteiger charge is -2.32. The zero-order chi connectivity index (χ0) is 26.5. The third-order valence-electron chi connectivity index (χ3n) is 5.97. The number of hydrogen-bond acceptors (Lipinski definition) is 6. The van der Waals surface area contributed by atoms with E-state index < -0.39 is 0 Å². The van der Waals surface area contributed by atoms with Crippen LogP contribution in [0.15, 0.2) is 30.5 Å². The van der Waals surface area contributed by atoms with Crippen LogP contribution in [0.5, 0.6) is 0 Å². The lowest BCUT2D eigenvalue weighted by Crippen LogP contribution is -2.36. The van der Waals surface area contributed by atoms with Crippen molar-refractivity contribution < 1.29 is 4.39 Å². The van der Waals surface area contributed by atoms with E-state index in [1.54, 1.807) is 12.1 Å². The van der Waals surface area contributed by atoms with Crippen molar-refractivity contribution in [3.8, 4) is 0 Å². The summed E-state index contributed by atoms with van der Waals surface area (Å²) < 4.78 is 13.8. The van der Waals surface area contributed by atoms with Crippen LogP contribution in [0.2, 0.25) is 5.02 Å². The molecule has 0 spiro atoms. The molecule has 1 aliphatic carbocycles. The van der Waals surface area contributed by atoms with Gasteiger partial charge in [0.15, 0.2) is 11.6 Å². The lowest BCUT2D eigenvalue weighted by atomic mass is 9.94. The van der Waals surface area contributed by atoms with Gasteiger partial charge in [-0.1, -0.05) is 64.6 Å². The van der Waals surface area contributed by atoms with Gasteiger partial charge in [-0.05, 0) is 57.5 Å². The molecule has 198 valence electrons. The highest BCUT2D eigenvalue weighted by atomic mass is 35.5. The van der Waals surface area contributed by atoms with Crippen LogP contribution in [0.25, 0.3) is 0 Å². The van der Waals surface area contributed by atoms with Crippen LogP contribution in [0, 0.1) is 19.7 Å². The van der Waals surface area contributed by atoms with Crippen molar-refractivity contribution >= 4 is 34.9 Å². The lowest BCUT2D eigenvalue weighted by molar-refractivity contribution is 0.172. The summed E-state index contributed by atoms with van der Waals surface area (Å²) in [5.74, 6) is 0.805. The third-order valence-corrected chi connectivity index (χ3v) is 6.24. The minimum atomic E-state index is -0.383. The van der Waals surface area contributed by atoms with Crippen molar-refractivity contribution in [1.82, 2.24) is 25.1 Å². The van der Waals surface area contributed by atoms with Crippen LogP contribution in [0.1, 0.15) is 71.1 Å². The van der Waals surface area contributed by atoms with Gasteiger partial charge in [0, 0.05) is 17.8 Å². The highest BCUT2D eigenvalue weighted by Gasteiger charge is 2.17. The average molecular weight is 518 g/mol. The predicted molar refractivity (Wildman–Crippen MR) is 149 cm³/mol. The van der Waals surface area contributed by atoms with Gasteiger partial charge in [-0.25, -0.2) is 9.37 Å². The molecule has 1 aromatic carbocycles. The second kappa shape index (κ2) is 15.4. The SMILES string of the molecule is CC.CCN(CC)C1CCCCC1.Cc1ccc(F)c(Nc2ncc(Cl)c(Nc3cc(C)[nH]n3)n2)c1. The fourth-order valence-electron chi connectivity index (χ4n) is 4.16. The van der Waals surface area contributed by atoms with Gasteiger partial charge in [0.25, 0.3) is 0 Å². The zero-order valence-corrected chi connectivity index (χ0v) is 23.2. The minimum absolute atomic E-state index is 0.230. The Kier molecular flexibility index (Phi) is 12.6. The zero-order valence-electron chi connectivity index (χ0n) is 22.5. The molecule has 0 atom stereocenters. The van der Waals surface area contributed by atoms with E-state index in [2.05, 4.69) is 49.5 Å². The second-order valence-corrected chi connectivity index (χ2v) is 8.98. The number of nitrogens with one attached hydrogen (secondary N) is 3. The maximum atomic E-state index is 13.8. The molecule has 1 fully saturated rings. The van der Waals surface area contributed by atoms with Crippen molar-refractivity contribution in [3.05, 3.63) is 52.6 Å². The van der Waals surface area contributed by atoms with E-state index in [1.807, 2.05) is 33.8 Å². The quantitative estimate of drug-likeness (QED) is 0.297. The Morgan fingerprint density at radius 2 is 1.75 bits per heavy atom. The monoisotopic (exact) mass is 517 g/mol. The Labute approximate surface area is 220 Å². The van der Waals surface area contributed by atoms with Crippen molar-refractivity contribution in [1.29, 1.82) is 0 Å². The third kappa shape index (κ3) is 9.06. The number of aromatic amines is 1. The molecular formula is C27H41ClFN7. The summed E-state index contributed by atoms with van der Waals surface area (Å²) in [6.07, 6.45) is 8.72. The fourth-order valence-corrected chi connectivity index (χ4v) is 4.30. The van der Waals surface area contributed by atoms with Gasteiger partial charge in [0.05, 0.1) is 11.9 Å². The molecule has 0 saturated heterocycles. The van der Waals surface area contributed by atoms with E-state index in [4.69, 9.17) is 11.6 Å². The highest BCUT2D eigenvalue weighted by Crippen LogP contribution is 2.25. The molecule has 0 radical (unpaired) electrons. The van der Waals surface area contributed by atoms with Gasteiger partial charge in [-0.15, -0.1) is 0 Å². The molecule has 3 aromatic rings. The predicted octanol–water partition coefficient (Wildman–Crippen LogP) is 7.78. The van der Waals surface area contributed by atoms with Crippen LogP contribution in [0.4, 0.5) is 27.7 Å². The molecule has 0 aliphatic heterocycles. The van der Waals surface area contributed by atoms with Gasteiger partial charge in [0.1, 0.15) is 10.8 Å². The van der Waals surface area contributed by atoms with Crippen molar-refractivity contribution in [2.45, 2.75) is 79.7 Å². The van der Waals surface area contributed by atoms with Gasteiger partial charge >= 0.3 is 0 Å². The summed E-state index contributed by atoms with van der Waals surface area (Å²) in [5, 5.41) is 13.0. The van der Waals surface area contributed by atoms with Gasteiger partial charge in [0.2, 0.25) is 5.95 Å². The van der Waals surface area contributed by atoms with Crippen molar-refractivity contribution in [2.24, 2.45) is 0 Å². The fraction of sp³-hybridized carbons (Fsp3) is 0.519. The number of aromatic nitrogens is 4. The van der Waals surface area contributed by atoms with Crippen LogP contribution < -0.4 is 10.6 Å². The van der Waals surface area contributed by atoms with Crippen LogP contribution >= 0.6 is 11.6 Å². The topological polar surface area (TPSA) is 81.8 Å². The van der Waals surface area contributed by atoms with E-state index in [-0.39, 0.29) is 11.8 Å². The molecule has 1 aliphatic rings. The van der Waals surface area contributed by atoms with Gasteiger partial charge < -0.3 is 15.5 Å². The number of anilines is 4. The van der Waals surface area contributed by atoms with Gasteiger partial charge in [-0.2, -0.15) is 10.1 Å². The maximum absolute atomic E-state index is 13.8. The van der Waals surface area contributed by atoms with Gasteiger partial charge in [-0.3, -0.25) is 5.10 Å². The number of benzene rings is 1. The first kappa shape index (κ1) is 29.5. The smallest absolute Gasteiger partial charge is 0.229 e. The molecule has 3 N–H and O–H groups in total. The van der Waals surface area contributed by atoms with E-state index >= 15 is 0 Å². The summed E-state index contributed by atoms with van der Waals surface area (Å²) >= 11 is 6.09. The average Bonchev–Trinajstić information content (AvgIpc) is 3.31. The molecule has 2 aromatic heterocycles. The van der Waals surface area contributed by atoms with E-state index in [0.29, 0.717) is 22.3 Å². The summed E-state index contributed by atoms with van der Waals surface area (Å²) in [6, 6.07) is 7.48. The first-order chi connectivity index (χ1) is 17.4. The molecule has 7 nitrogen and oxygen atoms in total. The standard InChI is InChI=1S/C15H14ClFN6.C10H21N.C2H6/c1-8-3-4-11(17)12(5-8)19-15-18-7-10(16)14(21-15)20-13-6-9(2)22-23-13;1-3-11(4-2)10-8-6-5-7-9-10;1-2/h3-7H,1-2H3,(H3,18,19,20,21,22,23);10H,3-9H2,1-2H3;1-2H3. The second-order valence-electron chi connectivity index (χ2n) is 8.57. The van der Waals surface area contributed by atoms with E-state index in [1.165, 1.54) is 57.5 Å². The summed E-state index contributed by atoms with van der Waals surface area (Å²) in [6.45, 7) is 14.8. The van der Waals surface area contributed by atoms with Crippen molar-refractivity contribution in [2.75, 3.05) is 23.7 Å². The van der Waals surface area contributed by atoms with E-state index in [0.717, 1.165) is 17.3 Å². The Balaban J connectivity index is 0.000000295. The Hall–Kier alpha value is -2.71. The number of aryl methyl sites for hydroxylation is 2. The molecule has 0 unspecified atom stereocenters. The Morgan fingerprint density at radius 3 is 2.36 bits per heavy atom. The number of hydrogen-bond donors (Lipinski definition) is 3. The number of nitrogens with zero attached hydrogens (tertiary/aromatic N) is 4. The summed E-state index contributed by atoms with van der Waals surface area (Å²) in [4.78, 5) is 10.9. The number of rotatable bonds is 7. The molecule has 0 bridgehead atoms. The normalized spacial score (nSPS) is 13.4. The van der Waals surface area contributed by atoms with Crippen LogP contribution in [-0.4, -0.2) is 44.2 Å². The number of halogens is 2. The van der Waals surface area contributed by atoms with Crippen LogP contribution in [-0.2, 0) is 0 Å². The first-order valence-electron chi connectivity index (χ1n) is 13.0. The Morgan fingerprint density at radius 1 is 1.06 bits per heavy atom.